The minimum atomic E-state index is -0.500. The molecule has 0 heterocycles. The van der Waals surface area contributed by atoms with Gasteiger partial charge in [-0.25, -0.2) is 4.79 Å². The maximum Gasteiger partial charge on any atom is 0.337 e. The number of esters is 2. The molecule has 0 radical (unpaired) electrons. The van der Waals surface area contributed by atoms with Crippen LogP contribution < -0.4 is 0 Å². The maximum absolute atomic E-state index is 11.6. The molecule has 4 nitrogen and oxygen atoms in total. The summed E-state index contributed by atoms with van der Waals surface area (Å²) in [5.74, 6) is -0.936. The molecule has 1 aromatic rings. The van der Waals surface area contributed by atoms with Crippen LogP contribution in [0.5, 0.6) is 0 Å². The first-order chi connectivity index (χ1) is 8.54. The number of carbonyl (C=O) groups is 2. The number of hydrogen-bond acceptors (Lipinski definition) is 4. The van der Waals surface area contributed by atoms with Crippen molar-refractivity contribution in [2.45, 2.75) is 13.8 Å². The predicted molar refractivity (Wildman–Crippen MR) is 67.8 cm³/mol. The van der Waals surface area contributed by atoms with Gasteiger partial charge < -0.3 is 9.47 Å². The Hall–Kier alpha value is -2.10. The molecule has 0 spiro atoms. The molecular weight excluding hydrogens is 232 g/mol. The van der Waals surface area contributed by atoms with Gasteiger partial charge in [0.25, 0.3) is 0 Å². The predicted octanol–water partition coefficient (Wildman–Crippen LogP) is 2.11. The van der Waals surface area contributed by atoms with Crippen LogP contribution in [0.25, 0.3) is 6.08 Å². The van der Waals surface area contributed by atoms with Crippen LogP contribution in [-0.2, 0) is 19.1 Å². The Bertz CT molecular complexity index is 474. The fourth-order valence-corrected chi connectivity index (χ4v) is 1.41. The summed E-state index contributed by atoms with van der Waals surface area (Å²) in [7, 11) is 1.29. The van der Waals surface area contributed by atoms with E-state index in [4.69, 9.17) is 4.74 Å². The number of aryl methyl sites for hydroxylation is 1. The zero-order chi connectivity index (χ0) is 13.5. The second-order valence-electron chi connectivity index (χ2n) is 3.80. The molecule has 0 fully saturated rings. The number of hydrogen-bond donors (Lipinski definition) is 0. The van der Waals surface area contributed by atoms with E-state index in [2.05, 4.69) is 4.74 Å². The van der Waals surface area contributed by atoms with Gasteiger partial charge in [0.1, 0.15) is 6.61 Å². The van der Waals surface area contributed by atoms with E-state index < -0.39 is 11.9 Å². The molecule has 0 atom stereocenters. The van der Waals surface area contributed by atoms with E-state index in [1.165, 1.54) is 14.0 Å². The Labute approximate surface area is 106 Å². The molecule has 1 aromatic carbocycles. The van der Waals surface area contributed by atoms with E-state index in [0.29, 0.717) is 5.57 Å². The van der Waals surface area contributed by atoms with Crippen molar-refractivity contribution >= 4 is 18.0 Å². The zero-order valence-electron chi connectivity index (χ0n) is 10.7. The van der Waals surface area contributed by atoms with Crippen molar-refractivity contribution in [2.75, 3.05) is 13.7 Å². The lowest BCUT2D eigenvalue weighted by atomic mass is 10.1. The smallest absolute Gasteiger partial charge is 0.337 e. The first-order valence-electron chi connectivity index (χ1n) is 5.52. The van der Waals surface area contributed by atoms with Crippen LogP contribution in [0, 0.1) is 6.92 Å². The lowest BCUT2D eigenvalue weighted by Crippen LogP contribution is -2.12. The lowest BCUT2D eigenvalue weighted by Gasteiger charge is -2.07. The van der Waals surface area contributed by atoms with Crippen LogP contribution in [0.4, 0.5) is 0 Å². The number of ether oxygens (including phenoxy) is 2. The summed E-state index contributed by atoms with van der Waals surface area (Å²) in [6, 6.07) is 7.61. The maximum atomic E-state index is 11.6. The largest absolute Gasteiger partial charge is 0.466 e. The molecule has 0 N–H and O–H groups in total. The molecule has 4 heteroatoms. The van der Waals surface area contributed by atoms with Gasteiger partial charge in [-0.3, -0.25) is 4.79 Å². The molecule has 0 aromatic heterocycles. The second-order valence-corrected chi connectivity index (χ2v) is 3.80. The number of rotatable bonds is 4. The molecule has 0 aliphatic rings. The fraction of sp³-hybridized carbons (Fsp3) is 0.286. The van der Waals surface area contributed by atoms with Crippen LogP contribution >= 0.6 is 0 Å². The number of methoxy groups -OCH3 is 1. The third kappa shape index (κ3) is 4.05. The molecule has 0 saturated carbocycles. The van der Waals surface area contributed by atoms with Crippen molar-refractivity contribution in [3.63, 3.8) is 0 Å². The highest BCUT2D eigenvalue weighted by Crippen LogP contribution is 2.13. The molecule has 96 valence electrons. The van der Waals surface area contributed by atoms with E-state index in [1.807, 2.05) is 31.2 Å². The standard InChI is InChI=1S/C14H16O4/c1-10-6-4-5-7-12(10)8-13(14(16)17-3)9-18-11(2)15/h4-8H,9H2,1-3H3/b13-8+. The highest BCUT2D eigenvalue weighted by Gasteiger charge is 2.11. The van der Waals surface area contributed by atoms with E-state index in [1.54, 1.807) is 6.08 Å². The summed E-state index contributed by atoms with van der Waals surface area (Å²) < 4.78 is 9.49. The van der Waals surface area contributed by atoms with E-state index in [0.717, 1.165) is 11.1 Å². The number of carbonyl (C=O) groups excluding carboxylic acids is 2. The Morgan fingerprint density at radius 1 is 1.28 bits per heavy atom. The van der Waals surface area contributed by atoms with Crippen molar-refractivity contribution in [3.8, 4) is 0 Å². The second kappa shape index (κ2) is 6.59. The van der Waals surface area contributed by atoms with E-state index >= 15 is 0 Å². The third-order valence-corrected chi connectivity index (χ3v) is 2.40. The SMILES string of the molecule is COC(=O)/C(=C/c1ccccc1C)COC(C)=O. The van der Waals surface area contributed by atoms with E-state index in [-0.39, 0.29) is 6.61 Å². The Morgan fingerprint density at radius 3 is 2.50 bits per heavy atom. The summed E-state index contributed by atoms with van der Waals surface area (Å²) in [6.45, 7) is 3.14. The lowest BCUT2D eigenvalue weighted by molar-refractivity contribution is -0.141. The van der Waals surface area contributed by atoms with Gasteiger partial charge in [-0.1, -0.05) is 24.3 Å². The Kier molecular flexibility index (Phi) is 5.11. The molecule has 0 bridgehead atoms. The van der Waals surface area contributed by atoms with Crippen molar-refractivity contribution < 1.29 is 19.1 Å². The van der Waals surface area contributed by atoms with Crippen LogP contribution in [-0.4, -0.2) is 25.7 Å². The van der Waals surface area contributed by atoms with Crippen LogP contribution in [0.2, 0.25) is 0 Å². The van der Waals surface area contributed by atoms with Crippen molar-refractivity contribution in [1.82, 2.24) is 0 Å². The monoisotopic (exact) mass is 248 g/mol. The summed E-state index contributed by atoms with van der Waals surface area (Å²) in [4.78, 5) is 22.3. The molecule has 0 aliphatic heterocycles. The topological polar surface area (TPSA) is 52.6 Å². The molecule has 0 aliphatic carbocycles. The summed E-state index contributed by atoms with van der Waals surface area (Å²) in [6.07, 6.45) is 1.67. The Balaban J connectivity index is 2.98. The minimum Gasteiger partial charge on any atom is -0.466 e. The van der Waals surface area contributed by atoms with Gasteiger partial charge in [0.05, 0.1) is 12.7 Å². The van der Waals surface area contributed by atoms with Crippen molar-refractivity contribution in [2.24, 2.45) is 0 Å². The van der Waals surface area contributed by atoms with Gasteiger partial charge in [-0.2, -0.15) is 0 Å². The summed E-state index contributed by atoms with van der Waals surface area (Å²) in [5, 5.41) is 0. The average Bonchev–Trinajstić information content (AvgIpc) is 2.35. The van der Waals surface area contributed by atoms with Crippen LogP contribution in [0.3, 0.4) is 0 Å². The molecule has 0 saturated heterocycles. The van der Waals surface area contributed by atoms with Crippen LogP contribution in [0.1, 0.15) is 18.1 Å². The zero-order valence-corrected chi connectivity index (χ0v) is 10.7. The first-order valence-corrected chi connectivity index (χ1v) is 5.52. The van der Waals surface area contributed by atoms with E-state index in [9.17, 15) is 9.59 Å². The highest BCUT2D eigenvalue weighted by molar-refractivity contribution is 5.94. The van der Waals surface area contributed by atoms with Crippen LogP contribution in [0.15, 0.2) is 29.8 Å². The first kappa shape index (κ1) is 14.0. The van der Waals surface area contributed by atoms with Gasteiger partial charge in [-0.05, 0) is 24.1 Å². The molecule has 18 heavy (non-hydrogen) atoms. The summed E-state index contributed by atoms with van der Waals surface area (Å²) >= 11 is 0. The van der Waals surface area contributed by atoms with Crippen molar-refractivity contribution in [1.29, 1.82) is 0 Å². The van der Waals surface area contributed by atoms with Gasteiger partial charge >= 0.3 is 11.9 Å². The van der Waals surface area contributed by atoms with Gasteiger partial charge in [0.15, 0.2) is 0 Å². The molecule has 0 unspecified atom stereocenters. The Morgan fingerprint density at radius 2 is 1.94 bits per heavy atom. The van der Waals surface area contributed by atoms with Gasteiger partial charge in [0.2, 0.25) is 0 Å². The molecular formula is C14H16O4. The third-order valence-electron chi connectivity index (χ3n) is 2.40. The summed E-state index contributed by atoms with van der Waals surface area (Å²) in [5.41, 5.74) is 2.23. The van der Waals surface area contributed by atoms with Crippen molar-refractivity contribution in [3.05, 3.63) is 41.0 Å². The molecule has 1 rings (SSSR count). The highest BCUT2D eigenvalue weighted by atomic mass is 16.5. The quantitative estimate of drug-likeness (QED) is 0.605. The fourth-order valence-electron chi connectivity index (χ4n) is 1.41. The average molecular weight is 248 g/mol. The van der Waals surface area contributed by atoms with Gasteiger partial charge in [0, 0.05) is 6.92 Å². The van der Waals surface area contributed by atoms with Gasteiger partial charge in [-0.15, -0.1) is 0 Å². The molecule has 0 amide bonds. The normalized spacial score (nSPS) is 10.9. The minimum absolute atomic E-state index is 0.0870. The number of benzene rings is 1.